The van der Waals surface area contributed by atoms with Gasteiger partial charge in [-0.05, 0) is 18.8 Å². The third kappa shape index (κ3) is 6.25. The number of carbonyl (C=O) groups excluding carboxylic acids is 3. The van der Waals surface area contributed by atoms with E-state index in [1.54, 1.807) is 13.8 Å². The van der Waals surface area contributed by atoms with Gasteiger partial charge in [0.05, 0.1) is 19.0 Å². The second-order valence-corrected chi connectivity index (χ2v) is 7.88. The summed E-state index contributed by atoms with van der Waals surface area (Å²) in [4.78, 5) is 57.4. The topological polar surface area (TPSA) is 191 Å². The summed E-state index contributed by atoms with van der Waals surface area (Å²) in [5, 5.41) is 23.9. The lowest BCUT2D eigenvalue weighted by molar-refractivity contribution is -0.149. The van der Waals surface area contributed by atoms with Gasteiger partial charge in [-0.25, -0.2) is 9.78 Å². The van der Waals surface area contributed by atoms with E-state index >= 15 is 0 Å². The van der Waals surface area contributed by atoms with Gasteiger partial charge in [0.2, 0.25) is 17.7 Å². The number of nitrogens with two attached hydrogens (primary N) is 1. The molecule has 1 fully saturated rings. The average molecular weight is 438 g/mol. The van der Waals surface area contributed by atoms with Crippen LogP contribution in [0.25, 0.3) is 0 Å². The van der Waals surface area contributed by atoms with Crippen LogP contribution in [0.1, 0.15) is 32.4 Å². The van der Waals surface area contributed by atoms with Crippen LogP contribution in [-0.4, -0.2) is 86.1 Å². The zero-order valence-corrected chi connectivity index (χ0v) is 17.6. The predicted molar refractivity (Wildman–Crippen MR) is 108 cm³/mol. The standard InChI is InChI=1S/C19H30N6O6/c1-10(2)15(20)17(28)24-13(8-26)16(27)23-12(6-11-7-21-9-22-11)18(29)25-5-3-4-14(25)19(30)31/h7,9-10,12-15,26H,3-6,8,20H2,1-2H3,(H,21,22)(H,23,27)(H,24,28)(H,30,31). The molecule has 4 atom stereocenters. The zero-order chi connectivity index (χ0) is 23.1. The number of nitrogens with zero attached hydrogens (tertiary/aromatic N) is 2. The number of aliphatic carboxylic acids is 1. The SMILES string of the molecule is CC(C)C(N)C(=O)NC(CO)C(=O)NC(Cc1cnc[nH]1)C(=O)N1CCCC1C(=O)O. The molecule has 0 saturated carbocycles. The molecule has 31 heavy (non-hydrogen) atoms. The Hall–Kier alpha value is -2.99. The monoisotopic (exact) mass is 438 g/mol. The van der Waals surface area contributed by atoms with Crippen molar-refractivity contribution >= 4 is 23.7 Å². The summed E-state index contributed by atoms with van der Waals surface area (Å²) in [5.41, 5.74) is 6.33. The Labute approximate surface area is 179 Å². The molecule has 1 aliphatic rings. The normalized spacial score (nSPS) is 19.0. The number of nitrogens with one attached hydrogen (secondary N) is 3. The molecule has 7 N–H and O–H groups in total. The molecule has 1 aliphatic heterocycles. The Morgan fingerprint density at radius 1 is 1.26 bits per heavy atom. The van der Waals surface area contributed by atoms with Gasteiger partial charge in [-0.1, -0.05) is 13.8 Å². The van der Waals surface area contributed by atoms with Gasteiger partial charge in [-0.2, -0.15) is 0 Å². The number of aliphatic hydroxyl groups excluding tert-OH is 1. The van der Waals surface area contributed by atoms with E-state index in [9.17, 15) is 29.4 Å². The minimum Gasteiger partial charge on any atom is -0.480 e. The second-order valence-electron chi connectivity index (χ2n) is 7.88. The van der Waals surface area contributed by atoms with E-state index in [2.05, 4.69) is 20.6 Å². The van der Waals surface area contributed by atoms with Crippen molar-refractivity contribution in [1.29, 1.82) is 0 Å². The van der Waals surface area contributed by atoms with Crippen molar-refractivity contribution in [3.63, 3.8) is 0 Å². The molecule has 0 aromatic carbocycles. The molecular formula is C19H30N6O6. The number of aromatic amines is 1. The molecule has 1 saturated heterocycles. The van der Waals surface area contributed by atoms with Gasteiger partial charge in [0.1, 0.15) is 18.1 Å². The van der Waals surface area contributed by atoms with Crippen molar-refractivity contribution in [2.45, 2.75) is 57.3 Å². The third-order valence-corrected chi connectivity index (χ3v) is 5.25. The van der Waals surface area contributed by atoms with Crippen LogP contribution >= 0.6 is 0 Å². The van der Waals surface area contributed by atoms with Gasteiger partial charge in [0.25, 0.3) is 0 Å². The summed E-state index contributed by atoms with van der Waals surface area (Å²) >= 11 is 0. The smallest absolute Gasteiger partial charge is 0.326 e. The first-order valence-corrected chi connectivity index (χ1v) is 10.1. The molecule has 3 amide bonds. The van der Waals surface area contributed by atoms with Crippen molar-refractivity contribution in [1.82, 2.24) is 25.5 Å². The summed E-state index contributed by atoms with van der Waals surface area (Å²) in [6.45, 7) is 3.04. The Balaban J connectivity index is 2.15. The largest absolute Gasteiger partial charge is 0.480 e. The second kappa shape index (κ2) is 10.9. The number of aromatic nitrogens is 2. The van der Waals surface area contributed by atoms with E-state index < -0.39 is 54.5 Å². The molecular weight excluding hydrogens is 408 g/mol. The molecule has 0 radical (unpaired) electrons. The number of carboxylic acid groups (broad SMARTS) is 1. The number of amides is 3. The van der Waals surface area contributed by atoms with E-state index in [0.29, 0.717) is 18.5 Å². The zero-order valence-electron chi connectivity index (χ0n) is 17.6. The Morgan fingerprint density at radius 2 is 1.94 bits per heavy atom. The van der Waals surface area contributed by atoms with Crippen LogP contribution in [-0.2, 0) is 25.6 Å². The lowest BCUT2D eigenvalue weighted by Crippen LogP contribution is -2.59. The molecule has 12 nitrogen and oxygen atoms in total. The number of H-pyrrole nitrogens is 1. The van der Waals surface area contributed by atoms with E-state index in [-0.39, 0.29) is 18.9 Å². The summed E-state index contributed by atoms with van der Waals surface area (Å²) < 4.78 is 0. The highest BCUT2D eigenvalue weighted by molar-refractivity contribution is 5.94. The molecule has 0 spiro atoms. The molecule has 1 aromatic heterocycles. The Morgan fingerprint density at radius 3 is 2.48 bits per heavy atom. The summed E-state index contributed by atoms with van der Waals surface area (Å²) in [6, 6.07) is -4.27. The lowest BCUT2D eigenvalue weighted by atomic mass is 10.0. The summed E-state index contributed by atoms with van der Waals surface area (Å²) in [7, 11) is 0. The molecule has 1 aromatic rings. The van der Waals surface area contributed by atoms with Crippen molar-refractivity contribution in [3.8, 4) is 0 Å². The Kier molecular flexibility index (Phi) is 8.51. The number of carboxylic acids is 1. The first-order valence-electron chi connectivity index (χ1n) is 10.1. The minimum atomic E-state index is -1.32. The maximum Gasteiger partial charge on any atom is 0.326 e. The number of carbonyl (C=O) groups is 4. The van der Waals surface area contributed by atoms with Gasteiger partial charge < -0.3 is 36.5 Å². The minimum absolute atomic E-state index is 0.0328. The van der Waals surface area contributed by atoms with Crippen LogP contribution in [0.3, 0.4) is 0 Å². The average Bonchev–Trinajstić information content (AvgIpc) is 3.41. The van der Waals surface area contributed by atoms with Crippen LogP contribution in [0.4, 0.5) is 0 Å². The lowest BCUT2D eigenvalue weighted by Gasteiger charge is -2.28. The van der Waals surface area contributed by atoms with Crippen molar-refractivity contribution < 1.29 is 29.4 Å². The molecule has 12 heteroatoms. The maximum absolute atomic E-state index is 13.1. The highest BCUT2D eigenvalue weighted by Gasteiger charge is 2.38. The predicted octanol–water partition coefficient (Wildman–Crippen LogP) is -2.03. The molecule has 2 heterocycles. The van der Waals surface area contributed by atoms with E-state index in [1.807, 2.05) is 0 Å². The number of aliphatic hydroxyl groups is 1. The van der Waals surface area contributed by atoms with E-state index in [1.165, 1.54) is 17.4 Å². The summed E-state index contributed by atoms with van der Waals surface area (Å²) in [5.74, 6) is -3.24. The fourth-order valence-electron chi connectivity index (χ4n) is 3.34. The first-order chi connectivity index (χ1) is 14.6. The van der Waals surface area contributed by atoms with Crippen molar-refractivity contribution in [2.24, 2.45) is 11.7 Å². The van der Waals surface area contributed by atoms with Crippen LogP contribution in [0, 0.1) is 5.92 Å². The highest BCUT2D eigenvalue weighted by Crippen LogP contribution is 2.19. The van der Waals surface area contributed by atoms with Crippen molar-refractivity contribution in [2.75, 3.05) is 13.2 Å². The molecule has 172 valence electrons. The van der Waals surface area contributed by atoms with Gasteiger partial charge in [-0.3, -0.25) is 14.4 Å². The third-order valence-electron chi connectivity index (χ3n) is 5.25. The molecule has 0 bridgehead atoms. The van der Waals surface area contributed by atoms with Gasteiger partial charge in [-0.15, -0.1) is 0 Å². The number of imidazole rings is 1. The van der Waals surface area contributed by atoms with Gasteiger partial charge in [0, 0.05) is 24.9 Å². The summed E-state index contributed by atoms with van der Waals surface area (Å²) in [6.07, 6.45) is 3.80. The maximum atomic E-state index is 13.1. The fraction of sp³-hybridized carbons (Fsp3) is 0.632. The van der Waals surface area contributed by atoms with Crippen LogP contribution in [0.15, 0.2) is 12.5 Å². The number of rotatable bonds is 10. The number of likely N-dealkylation sites (tertiary alicyclic amines) is 1. The Bertz CT molecular complexity index is 783. The quantitative estimate of drug-likeness (QED) is 0.241. The van der Waals surface area contributed by atoms with Crippen molar-refractivity contribution in [3.05, 3.63) is 18.2 Å². The van der Waals surface area contributed by atoms with Gasteiger partial charge >= 0.3 is 5.97 Å². The molecule has 4 unspecified atom stereocenters. The number of hydrogen-bond donors (Lipinski definition) is 6. The fourth-order valence-corrected chi connectivity index (χ4v) is 3.34. The van der Waals surface area contributed by atoms with Crippen LogP contribution in [0.5, 0.6) is 0 Å². The van der Waals surface area contributed by atoms with Crippen LogP contribution in [0.2, 0.25) is 0 Å². The van der Waals surface area contributed by atoms with E-state index in [4.69, 9.17) is 5.73 Å². The highest BCUT2D eigenvalue weighted by atomic mass is 16.4. The van der Waals surface area contributed by atoms with E-state index in [0.717, 1.165) is 0 Å². The van der Waals surface area contributed by atoms with Gasteiger partial charge in [0.15, 0.2) is 0 Å². The number of hydrogen-bond acceptors (Lipinski definition) is 7. The first kappa shape index (κ1) is 24.3. The molecule has 2 rings (SSSR count). The molecule has 0 aliphatic carbocycles. The van der Waals surface area contributed by atoms with Crippen LogP contribution < -0.4 is 16.4 Å².